The van der Waals surface area contributed by atoms with Gasteiger partial charge in [-0.3, -0.25) is 14.3 Å². The van der Waals surface area contributed by atoms with E-state index < -0.39 is 0 Å². The number of carbonyl (C=O) groups is 2. The molecule has 2 amide bonds. The summed E-state index contributed by atoms with van der Waals surface area (Å²) < 4.78 is 6.68. The van der Waals surface area contributed by atoms with Gasteiger partial charge in [0.2, 0.25) is 0 Å². The standard InChI is InChI=1S/C25H22N4O3/c1-29-23(25(31)26-16-20-13-8-14-32-20)22(17-27-29)28-24(30)21(19-11-6-3-7-12-19)15-18-9-4-2-5-10-18/h2-15,17H,16H2,1H3,(H,26,31)(H,28,30)/b21-15-. The average molecular weight is 426 g/mol. The van der Waals surface area contributed by atoms with Crippen molar-refractivity contribution < 1.29 is 14.0 Å². The summed E-state index contributed by atoms with van der Waals surface area (Å²) in [5, 5.41) is 9.78. The monoisotopic (exact) mass is 426 g/mol. The second-order valence-electron chi connectivity index (χ2n) is 7.08. The van der Waals surface area contributed by atoms with E-state index in [9.17, 15) is 9.59 Å². The summed E-state index contributed by atoms with van der Waals surface area (Å²) in [6.07, 6.45) is 4.82. The fraction of sp³-hybridized carbons (Fsp3) is 0.0800. The molecule has 160 valence electrons. The van der Waals surface area contributed by atoms with Gasteiger partial charge in [-0.15, -0.1) is 0 Å². The Balaban J connectivity index is 1.59. The highest BCUT2D eigenvalue weighted by Crippen LogP contribution is 2.22. The molecule has 7 heteroatoms. The predicted octanol–water partition coefficient (Wildman–Crippen LogP) is 4.12. The van der Waals surface area contributed by atoms with Crippen LogP contribution in [0.5, 0.6) is 0 Å². The fourth-order valence-electron chi connectivity index (χ4n) is 3.27. The normalized spacial score (nSPS) is 11.2. The van der Waals surface area contributed by atoms with E-state index in [2.05, 4.69) is 15.7 Å². The Hall–Kier alpha value is -4.39. The van der Waals surface area contributed by atoms with Gasteiger partial charge < -0.3 is 15.1 Å². The molecule has 0 aliphatic heterocycles. The van der Waals surface area contributed by atoms with Gasteiger partial charge >= 0.3 is 0 Å². The number of furan rings is 1. The lowest BCUT2D eigenvalue weighted by Gasteiger charge is -2.11. The highest BCUT2D eigenvalue weighted by molar-refractivity contribution is 6.29. The lowest BCUT2D eigenvalue weighted by atomic mass is 10.0. The van der Waals surface area contributed by atoms with Gasteiger partial charge in [0, 0.05) is 12.6 Å². The van der Waals surface area contributed by atoms with Gasteiger partial charge in [0.15, 0.2) is 0 Å². The molecule has 4 rings (SSSR count). The van der Waals surface area contributed by atoms with Crippen LogP contribution >= 0.6 is 0 Å². The van der Waals surface area contributed by atoms with Crippen molar-refractivity contribution >= 4 is 29.2 Å². The summed E-state index contributed by atoms with van der Waals surface area (Å²) >= 11 is 0. The van der Waals surface area contributed by atoms with Crippen LogP contribution in [0.15, 0.2) is 89.7 Å². The summed E-state index contributed by atoms with van der Waals surface area (Å²) in [4.78, 5) is 26.1. The molecular weight excluding hydrogens is 404 g/mol. The third kappa shape index (κ3) is 4.84. The Morgan fingerprint density at radius 1 is 1.00 bits per heavy atom. The molecule has 7 nitrogen and oxygen atoms in total. The van der Waals surface area contributed by atoms with Crippen LogP contribution in [0.4, 0.5) is 5.69 Å². The Kier molecular flexibility index (Phi) is 6.27. The van der Waals surface area contributed by atoms with Crippen molar-refractivity contribution in [3.63, 3.8) is 0 Å². The van der Waals surface area contributed by atoms with Crippen LogP contribution in [-0.4, -0.2) is 21.6 Å². The Labute approximate surface area is 185 Å². The average Bonchev–Trinajstić information content (AvgIpc) is 3.47. The number of hydrogen-bond donors (Lipinski definition) is 2. The molecule has 0 bridgehead atoms. The van der Waals surface area contributed by atoms with Crippen molar-refractivity contribution in [1.29, 1.82) is 0 Å². The number of aryl methyl sites for hydroxylation is 1. The van der Waals surface area contributed by atoms with Gasteiger partial charge in [-0.1, -0.05) is 60.7 Å². The minimum Gasteiger partial charge on any atom is -0.467 e. The van der Waals surface area contributed by atoms with Crippen molar-refractivity contribution in [2.45, 2.75) is 6.54 Å². The number of benzene rings is 2. The van der Waals surface area contributed by atoms with E-state index in [4.69, 9.17) is 4.42 Å². The summed E-state index contributed by atoms with van der Waals surface area (Å²) in [7, 11) is 1.65. The predicted molar refractivity (Wildman–Crippen MR) is 122 cm³/mol. The molecular formula is C25H22N4O3. The molecule has 2 aromatic heterocycles. The molecule has 0 aliphatic rings. The molecule has 0 unspecified atom stereocenters. The first-order valence-electron chi connectivity index (χ1n) is 10.1. The Morgan fingerprint density at radius 2 is 1.72 bits per heavy atom. The number of hydrogen-bond acceptors (Lipinski definition) is 4. The van der Waals surface area contributed by atoms with Crippen LogP contribution in [0.1, 0.15) is 27.4 Å². The van der Waals surface area contributed by atoms with Gasteiger partial charge in [0.1, 0.15) is 11.5 Å². The third-order valence-electron chi connectivity index (χ3n) is 4.85. The van der Waals surface area contributed by atoms with E-state index in [1.165, 1.54) is 10.9 Å². The maximum atomic E-state index is 13.3. The smallest absolute Gasteiger partial charge is 0.272 e. The van der Waals surface area contributed by atoms with E-state index >= 15 is 0 Å². The van der Waals surface area contributed by atoms with E-state index in [1.54, 1.807) is 25.4 Å². The second-order valence-corrected chi connectivity index (χ2v) is 7.08. The number of aromatic nitrogens is 2. The fourth-order valence-corrected chi connectivity index (χ4v) is 3.27. The molecule has 0 aliphatic carbocycles. The van der Waals surface area contributed by atoms with Crippen molar-refractivity contribution in [2.75, 3.05) is 5.32 Å². The van der Waals surface area contributed by atoms with E-state index in [1.807, 2.05) is 66.7 Å². The molecule has 0 saturated carbocycles. The number of anilines is 1. The van der Waals surface area contributed by atoms with E-state index in [0.717, 1.165) is 11.1 Å². The summed E-state index contributed by atoms with van der Waals surface area (Å²) in [5.74, 6) is -0.0820. The molecule has 0 spiro atoms. The minimum absolute atomic E-state index is 0.230. The van der Waals surface area contributed by atoms with Crippen LogP contribution in [0, 0.1) is 0 Å². The summed E-state index contributed by atoms with van der Waals surface area (Å²) in [6.45, 7) is 0.230. The second kappa shape index (κ2) is 9.61. The van der Waals surface area contributed by atoms with Gasteiger partial charge in [-0.25, -0.2) is 0 Å². The zero-order valence-electron chi connectivity index (χ0n) is 17.5. The molecule has 0 fully saturated rings. The Morgan fingerprint density at radius 3 is 2.41 bits per heavy atom. The van der Waals surface area contributed by atoms with Gasteiger partial charge in [0.25, 0.3) is 11.8 Å². The van der Waals surface area contributed by atoms with E-state index in [-0.39, 0.29) is 24.1 Å². The first-order valence-corrected chi connectivity index (χ1v) is 10.1. The maximum absolute atomic E-state index is 13.3. The molecule has 0 saturated heterocycles. The van der Waals surface area contributed by atoms with Crippen LogP contribution in [0.3, 0.4) is 0 Å². The highest BCUT2D eigenvalue weighted by Gasteiger charge is 2.21. The lowest BCUT2D eigenvalue weighted by molar-refractivity contribution is -0.111. The number of nitrogens with zero attached hydrogens (tertiary/aromatic N) is 2. The zero-order valence-corrected chi connectivity index (χ0v) is 17.5. The third-order valence-corrected chi connectivity index (χ3v) is 4.85. The molecule has 4 aromatic rings. The summed E-state index contributed by atoms with van der Waals surface area (Å²) in [6, 6.07) is 22.5. The van der Waals surface area contributed by atoms with Crippen molar-refractivity contribution in [3.8, 4) is 0 Å². The number of amides is 2. The maximum Gasteiger partial charge on any atom is 0.272 e. The molecule has 2 aromatic carbocycles. The summed E-state index contributed by atoms with van der Waals surface area (Å²) in [5.41, 5.74) is 2.70. The van der Waals surface area contributed by atoms with Gasteiger partial charge in [-0.2, -0.15) is 5.10 Å². The van der Waals surface area contributed by atoms with E-state index in [0.29, 0.717) is 17.0 Å². The largest absolute Gasteiger partial charge is 0.467 e. The molecule has 32 heavy (non-hydrogen) atoms. The Bertz CT molecular complexity index is 1230. The molecule has 0 atom stereocenters. The van der Waals surface area contributed by atoms with Crippen molar-refractivity contribution in [1.82, 2.24) is 15.1 Å². The van der Waals surface area contributed by atoms with Crippen LogP contribution in [-0.2, 0) is 18.4 Å². The minimum atomic E-state index is -0.370. The number of rotatable bonds is 7. The van der Waals surface area contributed by atoms with Crippen LogP contribution in [0.2, 0.25) is 0 Å². The number of nitrogens with one attached hydrogen (secondary N) is 2. The molecule has 2 heterocycles. The van der Waals surface area contributed by atoms with Gasteiger partial charge in [-0.05, 0) is 29.3 Å². The quantitative estimate of drug-likeness (QED) is 0.344. The first kappa shape index (κ1) is 20.9. The number of carbonyl (C=O) groups excluding carboxylic acids is 2. The highest BCUT2D eigenvalue weighted by atomic mass is 16.3. The first-order chi connectivity index (χ1) is 15.6. The topological polar surface area (TPSA) is 89.2 Å². The lowest BCUT2D eigenvalue weighted by Crippen LogP contribution is -2.26. The van der Waals surface area contributed by atoms with Crippen LogP contribution < -0.4 is 10.6 Å². The zero-order chi connectivity index (χ0) is 22.3. The van der Waals surface area contributed by atoms with Crippen molar-refractivity contribution in [2.24, 2.45) is 7.05 Å². The molecule has 0 radical (unpaired) electrons. The van der Waals surface area contributed by atoms with Crippen molar-refractivity contribution in [3.05, 3.63) is 108 Å². The SMILES string of the molecule is Cn1ncc(NC(=O)/C(=C\c2ccccc2)c2ccccc2)c1C(=O)NCc1ccco1. The van der Waals surface area contributed by atoms with Gasteiger partial charge in [0.05, 0.1) is 24.7 Å². The molecule has 2 N–H and O–H groups in total. The van der Waals surface area contributed by atoms with Crippen LogP contribution in [0.25, 0.3) is 11.6 Å².